The van der Waals surface area contributed by atoms with Gasteiger partial charge in [-0.2, -0.15) is 0 Å². The van der Waals surface area contributed by atoms with Crippen LogP contribution in [0, 0.1) is 0 Å². The van der Waals surface area contributed by atoms with Crippen LogP contribution in [0.4, 0.5) is 16.4 Å². The average Bonchev–Trinajstić information content (AvgIpc) is 3.47. The quantitative estimate of drug-likeness (QED) is 0.182. The lowest BCUT2D eigenvalue weighted by atomic mass is 10.0. The lowest BCUT2D eigenvalue weighted by molar-refractivity contribution is -0.137. The van der Waals surface area contributed by atoms with E-state index in [2.05, 4.69) is 25.9 Å². The Morgan fingerprint density at radius 2 is 1.22 bits per heavy atom. The minimum atomic E-state index is -1.34. The molecule has 24 heteroatoms. The van der Waals surface area contributed by atoms with Gasteiger partial charge >= 0.3 is 18.0 Å². The first-order chi connectivity index (χ1) is 29.6. The van der Waals surface area contributed by atoms with E-state index in [4.69, 9.17) is 25.5 Å². The molecule has 0 bridgehead atoms. The topological polar surface area (TPSA) is 341 Å². The molecule has 63 heavy (non-hydrogen) atoms. The number of fused-ring (bicyclic) bond motifs is 1. The number of carbonyl (C=O) groups is 10. The molecule has 24 nitrogen and oxygen atoms in total. The molecule has 2 atom stereocenters. The number of amides is 7. The van der Waals surface area contributed by atoms with Crippen LogP contribution in [0.15, 0.2) is 24.5 Å². The smallest absolute Gasteiger partial charge is 0.410 e. The molecule has 5 aliphatic rings. The number of hydrogen-bond acceptors (Lipinski definition) is 17. The second-order valence-electron chi connectivity index (χ2n) is 15.5. The Kier molecular flexibility index (Phi) is 16.3. The molecule has 0 radical (unpaired) electrons. The van der Waals surface area contributed by atoms with E-state index in [0.29, 0.717) is 50.7 Å². The molecule has 2 aromatic rings. The van der Waals surface area contributed by atoms with Crippen LogP contribution >= 0.6 is 0 Å². The van der Waals surface area contributed by atoms with E-state index in [0.717, 1.165) is 44.2 Å². The number of aromatic carboxylic acids is 2. The lowest BCUT2D eigenvalue weighted by Gasteiger charge is -2.36. The molecule has 5 aliphatic heterocycles. The third-order valence-corrected chi connectivity index (χ3v) is 9.64. The zero-order chi connectivity index (χ0) is 46.8. The predicted molar refractivity (Wildman–Crippen MR) is 218 cm³/mol. The van der Waals surface area contributed by atoms with Crippen LogP contribution in [0.1, 0.15) is 94.8 Å². The van der Waals surface area contributed by atoms with Crippen LogP contribution in [0.2, 0.25) is 0 Å². The number of carbonyl (C=O) groups excluding carboxylic acids is 7. The molecule has 7 rings (SSSR count). The normalized spacial score (nSPS) is 19.8. The number of piperidine rings is 2. The van der Waals surface area contributed by atoms with Gasteiger partial charge in [0.1, 0.15) is 23.3 Å². The van der Waals surface area contributed by atoms with E-state index in [9.17, 15) is 48.3 Å². The number of anilines is 2. The van der Waals surface area contributed by atoms with Crippen molar-refractivity contribution in [3.8, 4) is 0 Å². The monoisotopic (exact) mass is 882 g/mol. The highest BCUT2D eigenvalue weighted by Crippen LogP contribution is 2.29. The summed E-state index contributed by atoms with van der Waals surface area (Å²) in [6.07, 6.45) is 3.15. The van der Waals surface area contributed by atoms with Gasteiger partial charge in [-0.25, -0.2) is 24.4 Å². The zero-order valence-corrected chi connectivity index (χ0v) is 35.0. The van der Waals surface area contributed by atoms with Crippen LogP contribution in [0.3, 0.4) is 0 Å². The molecule has 4 fully saturated rings. The minimum absolute atomic E-state index is 0.105. The highest BCUT2D eigenvalue weighted by Gasteiger charge is 2.45. The van der Waals surface area contributed by atoms with Gasteiger partial charge in [-0.15, -0.1) is 0 Å². The molecule has 0 aliphatic carbocycles. The summed E-state index contributed by atoms with van der Waals surface area (Å²) in [4.78, 5) is 128. The second-order valence-corrected chi connectivity index (χ2v) is 15.5. The van der Waals surface area contributed by atoms with Gasteiger partial charge in [0.2, 0.25) is 23.6 Å². The molecule has 0 spiro atoms. The second kappa shape index (κ2) is 21.1. The van der Waals surface area contributed by atoms with Gasteiger partial charge in [-0.05, 0) is 45.7 Å². The molecule has 340 valence electrons. The fourth-order valence-corrected chi connectivity index (χ4v) is 6.54. The van der Waals surface area contributed by atoms with Crippen LogP contribution < -0.4 is 31.5 Å². The van der Waals surface area contributed by atoms with Gasteiger partial charge < -0.3 is 45.8 Å². The van der Waals surface area contributed by atoms with Crippen molar-refractivity contribution in [2.24, 2.45) is 5.73 Å². The fourth-order valence-electron chi connectivity index (χ4n) is 6.54. The van der Waals surface area contributed by atoms with Crippen LogP contribution in [0.25, 0.3) is 0 Å². The summed E-state index contributed by atoms with van der Waals surface area (Å²) in [6.45, 7) is 11.3. The summed E-state index contributed by atoms with van der Waals surface area (Å²) in [5, 5.41) is 33.2. The zero-order valence-electron chi connectivity index (χ0n) is 35.0. The van der Waals surface area contributed by atoms with Gasteiger partial charge in [0.25, 0.3) is 17.8 Å². The first kappa shape index (κ1) is 48.6. The molecule has 2 aromatic heterocycles. The molecule has 0 aromatic carbocycles. The first-order valence-electron chi connectivity index (χ1n) is 19.7. The number of pyridine rings is 2. The minimum Gasteiger partial charge on any atom is -0.481 e. The van der Waals surface area contributed by atoms with Crippen molar-refractivity contribution in [1.29, 1.82) is 0 Å². The number of imide groups is 3. The molecule has 7 amide bonds. The average molecular weight is 883 g/mol. The number of nitrogens with two attached hydrogens (primary N) is 1. The van der Waals surface area contributed by atoms with Gasteiger partial charge in [0.05, 0.1) is 28.3 Å². The molecular weight excluding hydrogens is 832 g/mol. The Morgan fingerprint density at radius 1 is 0.714 bits per heavy atom. The van der Waals surface area contributed by atoms with E-state index in [1.54, 1.807) is 36.6 Å². The Morgan fingerprint density at radius 3 is 1.75 bits per heavy atom. The first-order valence-corrected chi connectivity index (χ1v) is 19.7. The summed E-state index contributed by atoms with van der Waals surface area (Å²) < 4.78 is 5.32. The highest BCUT2D eigenvalue weighted by molar-refractivity contribution is 6.23. The number of piperazine rings is 2. The van der Waals surface area contributed by atoms with Crippen LogP contribution in [0.5, 0.6) is 0 Å². The highest BCUT2D eigenvalue weighted by atomic mass is 16.6. The van der Waals surface area contributed by atoms with Crippen molar-refractivity contribution in [1.82, 2.24) is 35.7 Å². The largest absolute Gasteiger partial charge is 0.481 e. The molecular formula is C39H50N10O14. The maximum absolute atomic E-state index is 12.8. The number of carboxylic acids is 3. The van der Waals surface area contributed by atoms with E-state index < -0.39 is 59.4 Å². The predicted octanol–water partition coefficient (Wildman–Crippen LogP) is -0.731. The number of nitrogens with zero attached hydrogens (tertiary/aromatic N) is 6. The van der Waals surface area contributed by atoms with Gasteiger partial charge in [-0.1, -0.05) is 0 Å². The molecule has 8 N–H and O–H groups in total. The molecule has 4 saturated heterocycles. The van der Waals surface area contributed by atoms with Crippen molar-refractivity contribution in [2.75, 3.05) is 62.2 Å². The summed E-state index contributed by atoms with van der Waals surface area (Å²) >= 11 is 0. The van der Waals surface area contributed by atoms with Crippen molar-refractivity contribution in [2.45, 2.75) is 71.1 Å². The number of hydrogen-bond donors (Lipinski definition) is 7. The maximum atomic E-state index is 12.8. The summed E-state index contributed by atoms with van der Waals surface area (Å²) in [6, 6.07) is 1.43. The standard InChI is InChI=1S/C16H17N5O4.C16H21N3O6.C5H8N2O2.C2H4O2/c22-13-2-1-11(14(23)19-13)21-15(24)9-7-12(18-8-10(9)16(21)25)20-5-3-17-4-6-20;1-16(2,3)25-15(24)19-6-4-18(5-7-19)12-8-10(13(20)21)11(9-17-12)14(22)23;6-3-1-2-4(8)7-5(3)9;1-2(3)4/h7-8,11,17H,1-6H2,(H,19,22,23);8-9H,4-7H2,1-3H3,(H,20,21)(H,22,23);3H,1-2,6H2,(H,7,8,9);1H3,(H,3,4). The number of aromatic nitrogens is 2. The summed E-state index contributed by atoms with van der Waals surface area (Å²) in [5.74, 6) is -5.10. The van der Waals surface area contributed by atoms with Crippen molar-refractivity contribution in [3.05, 3.63) is 46.8 Å². The fraction of sp³-hybridized carbons (Fsp3) is 0.487. The molecule has 2 unspecified atom stereocenters. The van der Waals surface area contributed by atoms with Gasteiger partial charge in [-0.3, -0.25) is 49.1 Å². The van der Waals surface area contributed by atoms with Crippen molar-refractivity contribution < 1.29 is 68.0 Å². The van der Waals surface area contributed by atoms with Crippen LogP contribution in [-0.4, -0.2) is 165 Å². The molecule has 7 heterocycles. The van der Waals surface area contributed by atoms with E-state index in [-0.39, 0.29) is 52.8 Å². The van der Waals surface area contributed by atoms with Crippen molar-refractivity contribution >= 4 is 71.1 Å². The van der Waals surface area contributed by atoms with E-state index in [1.807, 2.05) is 4.90 Å². The Labute approximate surface area is 360 Å². The van der Waals surface area contributed by atoms with Crippen LogP contribution in [-0.2, 0) is 28.7 Å². The number of aliphatic carboxylic acids is 1. The summed E-state index contributed by atoms with van der Waals surface area (Å²) in [5.41, 5.74) is 4.50. The lowest BCUT2D eigenvalue weighted by Crippen LogP contribution is -2.54. The number of carboxylic acid groups (broad SMARTS) is 3. The Balaban J connectivity index is 0.000000216. The maximum Gasteiger partial charge on any atom is 0.410 e. The Bertz CT molecular complexity index is 2140. The molecule has 0 saturated carbocycles. The van der Waals surface area contributed by atoms with E-state index in [1.165, 1.54) is 12.3 Å². The third kappa shape index (κ3) is 13.2. The SMILES string of the molecule is CC(=O)O.CC(C)(C)OC(=O)N1CCN(c2cc(C(=O)O)c(C(=O)O)cn2)CC1.NC1CCC(=O)NC1=O.O=C1CCC(N2C(=O)c3cnc(N4CCNCC4)cc3C2=O)C(=O)N1. The summed E-state index contributed by atoms with van der Waals surface area (Å²) in [7, 11) is 0. The van der Waals surface area contributed by atoms with E-state index >= 15 is 0 Å². The number of rotatable bonds is 5. The van der Waals surface area contributed by atoms with Crippen molar-refractivity contribution in [3.63, 3.8) is 0 Å². The number of ether oxygens (including phenoxy) is 1. The Hall–Kier alpha value is -7.08. The number of nitrogens with one attached hydrogen (secondary N) is 3. The van der Waals surface area contributed by atoms with Gasteiger partial charge in [0, 0.05) is 84.5 Å². The van der Waals surface area contributed by atoms with Gasteiger partial charge in [0.15, 0.2) is 0 Å². The third-order valence-electron chi connectivity index (χ3n) is 9.64.